The molecule has 2 aromatic rings. The molecule has 0 spiro atoms. The van der Waals surface area contributed by atoms with E-state index in [1.54, 1.807) is 0 Å². The summed E-state index contributed by atoms with van der Waals surface area (Å²) in [6.07, 6.45) is 5.15. The van der Waals surface area contributed by atoms with Crippen molar-refractivity contribution in [3.63, 3.8) is 0 Å². The number of nitrogens with zero attached hydrogens (tertiary/aromatic N) is 2. The summed E-state index contributed by atoms with van der Waals surface area (Å²) in [7, 11) is 0. The fraction of sp³-hybridized carbons (Fsp3) is 0.333. The first-order valence-corrected chi connectivity index (χ1v) is 6.28. The van der Waals surface area contributed by atoms with Crippen LogP contribution in [0.2, 0.25) is 0 Å². The minimum atomic E-state index is 0.487. The third kappa shape index (κ3) is 3.43. The van der Waals surface area contributed by atoms with Crippen molar-refractivity contribution in [3.8, 4) is 23.7 Å². The largest absolute Gasteiger partial charge is 0.338 e. The summed E-state index contributed by atoms with van der Waals surface area (Å²) in [5.74, 6) is 4.15. The van der Waals surface area contributed by atoms with E-state index in [9.17, 15) is 0 Å². The Hall–Kier alpha value is -2.12. The summed E-state index contributed by atoms with van der Waals surface area (Å²) in [5, 5.41) is 6.97. The van der Waals surface area contributed by atoms with Crippen molar-refractivity contribution in [1.29, 1.82) is 0 Å². The van der Waals surface area contributed by atoms with Gasteiger partial charge in [0.15, 0.2) is 0 Å². The molecule has 2 rings (SSSR count). The molecule has 0 atom stereocenters. The van der Waals surface area contributed by atoms with Gasteiger partial charge in [0.25, 0.3) is 0 Å². The Labute approximate surface area is 113 Å². The molecule has 1 aromatic heterocycles. The molecule has 1 N–H and O–H groups in total. The lowest BCUT2D eigenvalue weighted by molar-refractivity contribution is 0.370. The first-order valence-electron chi connectivity index (χ1n) is 6.28. The molecular weight excluding hydrogens is 238 g/mol. The molecule has 0 saturated heterocycles. The fourth-order valence-corrected chi connectivity index (χ4v) is 1.70. The predicted molar refractivity (Wildman–Crippen MR) is 74.4 cm³/mol. The lowest BCUT2D eigenvalue weighted by atomic mass is 10.0. The molecule has 0 aliphatic carbocycles. The van der Waals surface area contributed by atoms with E-state index in [-0.39, 0.29) is 0 Å². The highest BCUT2D eigenvalue weighted by atomic mass is 16.5. The molecule has 0 radical (unpaired) electrons. The smallest absolute Gasteiger partial charge is 0.240 e. The van der Waals surface area contributed by atoms with Crippen LogP contribution < -0.4 is 5.32 Å². The molecule has 0 bridgehead atoms. The zero-order chi connectivity index (χ0) is 13.7. The maximum Gasteiger partial charge on any atom is 0.240 e. The minimum absolute atomic E-state index is 0.487. The van der Waals surface area contributed by atoms with E-state index in [1.165, 1.54) is 5.56 Å². The second-order valence-corrected chi connectivity index (χ2v) is 4.60. The molecular formula is C15H17N3O. The highest BCUT2D eigenvalue weighted by molar-refractivity contribution is 5.54. The van der Waals surface area contributed by atoms with Crippen LogP contribution in [0.5, 0.6) is 0 Å². The first kappa shape index (κ1) is 13.3. The Morgan fingerprint density at radius 1 is 1.32 bits per heavy atom. The molecule has 4 heteroatoms. The van der Waals surface area contributed by atoms with Crippen LogP contribution in [0, 0.1) is 12.3 Å². The lowest BCUT2D eigenvalue weighted by Gasteiger charge is -2.04. The third-order valence-electron chi connectivity index (χ3n) is 2.81. The second kappa shape index (κ2) is 6.17. The first-order chi connectivity index (χ1) is 9.20. The van der Waals surface area contributed by atoms with Crippen molar-refractivity contribution >= 4 is 0 Å². The van der Waals surface area contributed by atoms with Gasteiger partial charge in [-0.05, 0) is 11.5 Å². The van der Waals surface area contributed by atoms with Crippen LogP contribution in [0.3, 0.4) is 0 Å². The summed E-state index contributed by atoms with van der Waals surface area (Å²) < 4.78 is 5.15. The van der Waals surface area contributed by atoms with Crippen molar-refractivity contribution in [2.45, 2.75) is 26.3 Å². The van der Waals surface area contributed by atoms with E-state index in [2.05, 4.69) is 47.4 Å². The molecule has 0 amide bonds. The van der Waals surface area contributed by atoms with E-state index < -0.39 is 0 Å². The molecule has 0 unspecified atom stereocenters. The van der Waals surface area contributed by atoms with Crippen LogP contribution in [-0.4, -0.2) is 16.7 Å². The van der Waals surface area contributed by atoms with Gasteiger partial charge in [0, 0.05) is 5.56 Å². The van der Waals surface area contributed by atoms with Crippen molar-refractivity contribution in [1.82, 2.24) is 15.5 Å². The summed E-state index contributed by atoms with van der Waals surface area (Å²) in [4.78, 5) is 4.32. The Morgan fingerprint density at radius 2 is 2.05 bits per heavy atom. The number of aromatic nitrogens is 2. The van der Waals surface area contributed by atoms with Crippen molar-refractivity contribution < 1.29 is 4.52 Å². The van der Waals surface area contributed by atoms with Crippen LogP contribution in [0.25, 0.3) is 11.4 Å². The molecule has 4 nitrogen and oxygen atoms in total. The van der Waals surface area contributed by atoms with Gasteiger partial charge in [-0.2, -0.15) is 4.98 Å². The maximum absolute atomic E-state index is 5.15. The molecule has 0 aliphatic rings. The molecule has 0 fully saturated rings. The molecule has 1 aromatic carbocycles. The van der Waals surface area contributed by atoms with E-state index in [0.29, 0.717) is 30.7 Å². The van der Waals surface area contributed by atoms with Crippen LogP contribution in [0.15, 0.2) is 28.8 Å². The van der Waals surface area contributed by atoms with Gasteiger partial charge in [-0.1, -0.05) is 49.2 Å². The lowest BCUT2D eigenvalue weighted by Crippen LogP contribution is -2.13. The van der Waals surface area contributed by atoms with E-state index in [4.69, 9.17) is 10.9 Å². The number of hydrogen-bond donors (Lipinski definition) is 1. The summed E-state index contributed by atoms with van der Waals surface area (Å²) >= 11 is 0. The quantitative estimate of drug-likeness (QED) is 0.659. The zero-order valence-electron chi connectivity index (χ0n) is 11.2. The number of hydrogen-bond acceptors (Lipinski definition) is 4. The van der Waals surface area contributed by atoms with Crippen molar-refractivity contribution in [2.24, 2.45) is 0 Å². The molecule has 0 saturated carbocycles. The number of benzene rings is 1. The molecule has 98 valence electrons. The number of terminal acetylenes is 1. The Morgan fingerprint density at radius 3 is 2.68 bits per heavy atom. The summed E-state index contributed by atoms with van der Waals surface area (Å²) in [5.41, 5.74) is 2.25. The van der Waals surface area contributed by atoms with Gasteiger partial charge in [-0.25, -0.2) is 0 Å². The summed E-state index contributed by atoms with van der Waals surface area (Å²) in [6, 6.07) is 8.21. The van der Waals surface area contributed by atoms with E-state index >= 15 is 0 Å². The van der Waals surface area contributed by atoms with E-state index in [1.807, 2.05) is 12.1 Å². The van der Waals surface area contributed by atoms with Crippen LogP contribution >= 0.6 is 0 Å². The van der Waals surface area contributed by atoms with Gasteiger partial charge in [-0.15, -0.1) is 6.42 Å². The maximum atomic E-state index is 5.15. The average molecular weight is 255 g/mol. The average Bonchev–Trinajstić information content (AvgIpc) is 2.88. The van der Waals surface area contributed by atoms with Crippen molar-refractivity contribution in [3.05, 3.63) is 35.7 Å². The predicted octanol–water partition coefficient (Wildman–Crippen LogP) is 2.58. The number of nitrogens with one attached hydrogen (secondary N) is 1. The van der Waals surface area contributed by atoms with Crippen LogP contribution in [0.4, 0.5) is 0 Å². The normalized spacial score (nSPS) is 10.6. The molecule has 19 heavy (non-hydrogen) atoms. The Bertz CT molecular complexity index is 564. The summed E-state index contributed by atoms with van der Waals surface area (Å²) in [6.45, 7) is 5.30. The minimum Gasteiger partial charge on any atom is -0.338 e. The Kier molecular flexibility index (Phi) is 4.32. The molecule has 0 aliphatic heterocycles. The highest BCUT2D eigenvalue weighted by Gasteiger charge is 2.08. The van der Waals surface area contributed by atoms with Gasteiger partial charge in [0.05, 0.1) is 13.1 Å². The SMILES string of the molecule is C#CCNCc1nc(-c2ccc(C(C)C)cc2)no1. The third-order valence-corrected chi connectivity index (χ3v) is 2.81. The Balaban J connectivity index is 2.07. The van der Waals surface area contributed by atoms with Gasteiger partial charge in [0.2, 0.25) is 11.7 Å². The topological polar surface area (TPSA) is 51.0 Å². The van der Waals surface area contributed by atoms with Gasteiger partial charge < -0.3 is 4.52 Å². The monoisotopic (exact) mass is 255 g/mol. The molecule has 1 heterocycles. The second-order valence-electron chi connectivity index (χ2n) is 4.60. The van der Waals surface area contributed by atoms with E-state index in [0.717, 1.165) is 5.56 Å². The van der Waals surface area contributed by atoms with Crippen LogP contribution in [-0.2, 0) is 6.54 Å². The number of rotatable bonds is 5. The van der Waals surface area contributed by atoms with Gasteiger partial charge >= 0.3 is 0 Å². The fourth-order valence-electron chi connectivity index (χ4n) is 1.70. The zero-order valence-corrected chi connectivity index (χ0v) is 11.2. The van der Waals surface area contributed by atoms with Crippen LogP contribution in [0.1, 0.15) is 31.2 Å². The highest BCUT2D eigenvalue weighted by Crippen LogP contribution is 2.20. The van der Waals surface area contributed by atoms with Crippen molar-refractivity contribution in [2.75, 3.05) is 6.54 Å². The standard InChI is InChI=1S/C15H17N3O/c1-4-9-16-10-14-17-15(18-19-14)13-7-5-12(6-8-13)11(2)3/h1,5-8,11,16H,9-10H2,2-3H3. The van der Waals surface area contributed by atoms with Gasteiger partial charge in [-0.3, -0.25) is 5.32 Å². The van der Waals surface area contributed by atoms with Gasteiger partial charge in [0.1, 0.15) is 0 Å².